The largest absolute Gasteiger partial charge is 0.307 e. The van der Waals surface area contributed by atoms with Gasteiger partial charge in [-0.15, -0.1) is 0 Å². The molecule has 0 saturated carbocycles. The molecule has 3 heterocycles. The number of nitrogen functional groups attached to an aromatic ring is 1. The number of sulfonamides is 1. The molecule has 3 N–H and O–H groups in total. The first-order valence-corrected chi connectivity index (χ1v) is 8.61. The molecule has 2 saturated heterocycles. The standard InChI is InChI=1S/C13H21N5O2S/c1-17-10-4-5-11(17)9-18(8-6-10)21(19,20)12-3-2-7-15-13(12)16-14/h2-3,7,10-11H,4-6,8-9,14H2,1H3,(H,15,16). The van der Waals surface area contributed by atoms with Gasteiger partial charge in [0, 0.05) is 31.4 Å². The number of fused-ring (bicyclic) bond motifs is 2. The zero-order chi connectivity index (χ0) is 15.0. The summed E-state index contributed by atoms with van der Waals surface area (Å²) in [6, 6.07) is 3.96. The summed E-state index contributed by atoms with van der Waals surface area (Å²) in [6.45, 7) is 1.08. The van der Waals surface area contributed by atoms with E-state index in [0.29, 0.717) is 25.2 Å². The Morgan fingerprint density at radius 3 is 2.86 bits per heavy atom. The number of hydrazine groups is 1. The Morgan fingerprint density at radius 1 is 1.33 bits per heavy atom. The second-order valence-corrected chi connectivity index (χ2v) is 7.60. The fourth-order valence-electron chi connectivity index (χ4n) is 3.34. The molecule has 0 radical (unpaired) electrons. The minimum atomic E-state index is -3.57. The quantitative estimate of drug-likeness (QED) is 0.613. The van der Waals surface area contributed by atoms with Crippen LogP contribution in [0.2, 0.25) is 0 Å². The minimum Gasteiger partial charge on any atom is -0.307 e. The van der Waals surface area contributed by atoms with E-state index < -0.39 is 10.0 Å². The lowest BCUT2D eigenvalue weighted by Gasteiger charge is -2.25. The van der Waals surface area contributed by atoms with E-state index in [4.69, 9.17) is 5.84 Å². The highest BCUT2D eigenvalue weighted by atomic mass is 32.2. The highest BCUT2D eigenvalue weighted by Gasteiger charge is 2.39. The van der Waals surface area contributed by atoms with Gasteiger partial charge in [-0.05, 0) is 38.4 Å². The molecular formula is C13H21N5O2S. The number of hydrogen-bond acceptors (Lipinski definition) is 6. The fourth-order valence-corrected chi connectivity index (χ4v) is 4.94. The van der Waals surface area contributed by atoms with Gasteiger partial charge in [-0.1, -0.05) is 0 Å². The molecule has 2 aliphatic heterocycles. The monoisotopic (exact) mass is 311 g/mol. The van der Waals surface area contributed by atoms with Gasteiger partial charge in [0.05, 0.1) is 0 Å². The topological polar surface area (TPSA) is 91.6 Å². The van der Waals surface area contributed by atoms with Gasteiger partial charge in [0.25, 0.3) is 0 Å². The van der Waals surface area contributed by atoms with E-state index in [2.05, 4.69) is 22.4 Å². The number of nitrogens with two attached hydrogens (primary N) is 1. The number of anilines is 1. The van der Waals surface area contributed by atoms with Gasteiger partial charge in [-0.25, -0.2) is 19.2 Å². The van der Waals surface area contributed by atoms with Crippen molar-refractivity contribution < 1.29 is 8.42 Å². The molecule has 8 heteroatoms. The molecule has 2 bridgehead atoms. The molecule has 1 aromatic heterocycles. The van der Waals surface area contributed by atoms with Crippen LogP contribution in [0.1, 0.15) is 19.3 Å². The lowest BCUT2D eigenvalue weighted by atomic mass is 10.1. The molecule has 2 aliphatic rings. The molecule has 21 heavy (non-hydrogen) atoms. The van der Waals surface area contributed by atoms with Gasteiger partial charge in [0.15, 0.2) is 5.82 Å². The number of hydrogen-bond donors (Lipinski definition) is 2. The number of nitrogens with zero attached hydrogens (tertiary/aromatic N) is 3. The lowest BCUT2D eigenvalue weighted by Crippen LogP contribution is -2.40. The maximum absolute atomic E-state index is 12.9. The third kappa shape index (κ3) is 2.52. The highest BCUT2D eigenvalue weighted by Crippen LogP contribution is 2.31. The molecule has 0 aromatic carbocycles. The summed E-state index contributed by atoms with van der Waals surface area (Å²) in [6.07, 6.45) is 4.62. The third-order valence-electron chi connectivity index (χ3n) is 4.64. The molecule has 0 spiro atoms. The van der Waals surface area contributed by atoms with Gasteiger partial charge in [-0.2, -0.15) is 4.31 Å². The van der Waals surface area contributed by atoms with Crippen molar-refractivity contribution in [3.63, 3.8) is 0 Å². The van der Waals surface area contributed by atoms with Crippen molar-refractivity contribution in [1.29, 1.82) is 0 Å². The smallest absolute Gasteiger partial charge is 0.246 e. The average Bonchev–Trinajstić information content (AvgIpc) is 2.71. The summed E-state index contributed by atoms with van der Waals surface area (Å²) in [5.41, 5.74) is 2.37. The molecule has 0 amide bonds. The Bertz CT molecular complexity index is 621. The maximum atomic E-state index is 12.9. The van der Waals surface area contributed by atoms with Crippen LogP contribution in [-0.4, -0.2) is 54.8 Å². The summed E-state index contributed by atoms with van der Waals surface area (Å²) >= 11 is 0. The normalized spacial score (nSPS) is 27.5. The third-order valence-corrected chi connectivity index (χ3v) is 6.53. The maximum Gasteiger partial charge on any atom is 0.246 e. The SMILES string of the molecule is CN1C2CCC1CN(S(=O)(=O)c1cccnc1NN)CC2. The van der Waals surface area contributed by atoms with Gasteiger partial charge in [-0.3, -0.25) is 4.90 Å². The number of likely N-dealkylation sites (N-methyl/N-ethyl adjacent to an activating group) is 1. The number of nitrogens with one attached hydrogen (secondary N) is 1. The predicted octanol–water partition coefficient (Wildman–Crippen LogP) is 0.224. The van der Waals surface area contributed by atoms with Gasteiger partial charge in [0.1, 0.15) is 4.90 Å². The molecule has 1 aromatic rings. The van der Waals surface area contributed by atoms with Crippen molar-refractivity contribution in [3.05, 3.63) is 18.3 Å². The Hall–Kier alpha value is -1.22. The molecule has 2 unspecified atom stereocenters. The van der Waals surface area contributed by atoms with E-state index in [0.717, 1.165) is 19.3 Å². The van der Waals surface area contributed by atoms with E-state index in [1.807, 2.05) is 0 Å². The van der Waals surface area contributed by atoms with Crippen molar-refractivity contribution >= 4 is 15.8 Å². The number of pyridine rings is 1. The van der Waals surface area contributed by atoms with Crippen LogP contribution in [0.4, 0.5) is 5.82 Å². The van der Waals surface area contributed by atoms with Crippen LogP contribution in [0.5, 0.6) is 0 Å². The molecule has 0 aliphatic carbocycles. The average molecular weight is 311 g/mol. The fraction of sp³-hybridized carbons (Fsp3) is 0.615. The first-order valence-electron chi connectivity index (χ1n) is 7.17. The highest BCUT2D eigenvalue weighted by molar-refractivity contribution is 7.89. The van der Waals surface area contributed by atoms with Crippen LogP contribution in [0.3, 0.4) is 0 Å². The van der Waals surface area contributed by atoms with E-state index >= 15 is 0 Å². The van der Waals surface area contributed by atoms with Crippen LogP contribution >= 0.6 is 0 Å². The molecule has 116 valence electrons. The number of aromatic nitrogens is 1. The zero-order valence-corrected chi connectivity index (χ0v) is 12.9. The van der Waals surface area contributed by atoms with E-state index in [9.17, 15) is 8.42 Å². The van der Waals surface area contributed by atoms with Crippen LogP contribution in [-0.2, 0) is 10.0 Å². The van der Waals surface area contributed by atoms with Crippen LogP contribution in [0.25, 0.3) is 0 Å². The molecule has 2 atom stereocenters. The Morgan fingerprint density at radius 2 is 2.10 bits per heavy atom. The van der Waals surface area contributed by atoms with Gasteiger partial charge < -0.3 is 5.43 Å². The van der Waals surface area contributed by atoms with Crippen LogP contribution in [0.15, 0.2) is 23.2 Å². The van der Waals surface area contributed by atoms with Crippen LogP contribution in [0, 0.1) is 0 Å². The molecule has 7 nitrogen and oxygen atoms in total. The lowest BCUT2D eigenvalue weighted by molar-refractivity contribution is 0.246. The first kappa shape index (κ1) is 14.7. The zero-order valence-electron chi connectivity index (χ0n) is 12.1. The van der Waals surface area contributed by atoms with Gasteiger partial charge >= 0.3 is 0 Å². The second kappa shape index (κ2) is 5.53. The molecule has 3 rings (SSSR count). The molecule has 2 fully saturated rings. The van der Waals surface area contributed by atoms with Crippen molar-refractivity contribution in [3.8, 4) is 0 Å². The van der Waals surface area contributed by atoms with E-state index in [1.54, 1.807) is 16.4 Å². The Balaban J connectivity index is 1.92. The summed E-state index contributed by atoms with van der Waals surface area (Å²) in [5, 5.41) is 0. The first-order chi connectivity index (χ1) is 10.0. The Kier molecular flexibility index (Phi) is 3.87. The van der Waals surface area contributed by atoms with E-state index in [-0.39, 0.29) is 10.7 Å². The number of rotatable bonds is 3. The second-order valence-electron chi connectivity index (χ2n) is 5.70. The minimum absolute atomic E-state index is 0.146. The van der Waals surface area contributed by atoms with Gasteiger partial charge in [0.2, 0.25) is 10.0 Å². The summed E-state index contributed by atoms with van der Waals surface area (Å²) < 4.78 is 27.3. The van der Waals surface area contributed by atoms with Crippen molar-refractivity contribution in [2.24, 2.45) is 5.84 Å². The van der Waals surface area contributed by atoms with E-state index in [1.165, 1.54) is 6.20 Å². The summed E-state index contributed by atoms with van der Waals surface area (Å²) in [7, 11) is -1.48. The Labute approximate surface area is 125 Å². The van der Waals surface area contributed by atoms with Crippen molar-refractivity contribution in [2.45, 2.75) is 36.2 Å². The summed E-state index contributed by atoms with van der Waals surface area (Å²) in [4.78, 5) is 6.46. The summed E-state index contributed by atoms with van der Waals surface area (Å²) in [5.74, 6) is 5.58. The van der Waals surface area contributed by atoms with Crippen LogP contribution < -0.4 is 11.3 Å². The van der Waals surface area contributed by atoms with Crippen molar-refractivity contribution in [2.75, 3.05) is 25.6 Å². The van der Waals surface area contributed by atoms with Crippen molar-refractivity contribution in [1.82, 2.24) is 14.2 Å². The predicted molar refractivity (Wildman–Crippen MR) is 80.0 cm³/mol. The molecular weight excluding hydrogens is 290 g/mol.